The number of sulfonamides is 1. The fraction of sp³-hybridized carbons (Fsp3) is 0.200. The van der Waals surface area contributed by atoms with Crippen molar-refractivity contribution >= 4 is 50.8 Å². The third-order valence-corrected chi connectivity index (χ3v) is 8.27. The first-order valence-electron chi connectivity index (χ1n) is 10.8. The number of esters is 1. The molecule has 3 aromatic carbocycles. The molecule has 0 fully saturated rings. The first-order valence-corrected chi connectivity index (χ1v) is 13.0. The SMILES string of the molecule is COC(=O)C1CN(C(=O)c2ccc(Cl)cc2Cl)c2ccccc2CN1S(=O)(=O)c1ccc(OC)cc1. The minimum atomic E-state index is -4.19. The zero-order valence-corrected chi connectivity index (χ0v) is 21.7. The summed E-state index contributed by atoms with van der Waals surface area (Å²) in [7, 11) is -1.55. The molecular formula is C25H22Cl2N2O6S. The largest absolute Gasteiger partial charge is 0.497 e. The van der Waals surface area contributed by atoms with E-state index in [2.05, 4.69) is 0 Å². The number of nitrogens with zero attached hydrogens (tertiary/aromatic N) is 2. The number of amides is 1. The molecule has 1 unspecified atom stereocenters. The van der Waals surface area contributed by atoms with Crippen LogP contribution in [0.15, 0.2) is 71.6 Å². The Morgan fingerprint density at radius 1 is 0.972 bits per heavy atom. The Labute approximate surface area is 219 Å². The highest BCUT2D eigenvalue weighted by Gasteiger charge is 2.42. The first kappa shape index (κ1) is 26.0. The molecule has 188 valence electrons. The summed E-state index contributed by atoms with van der Waals surface area (Å²) in [6.07, 6.45) is 0. The van der Waals surface area contributed by atoms with Gasteiger partial charge in [0.25, 0.3) is 5.91 Å². The molecule has 1 heterocycles. The molecule has 4 rings (SSSR count). The van der Waals surface area contributed by atoms with Gasteiger partial charge in [0.1, 0.15) is 11.8 Å². The second-order valence-corrected chi connectivity index (χ2v) is 10.7. The lowest BCUT2D eigenvalue weighted by Gasteiger charge is -2.29. The van der Waals surface area contributed by atoms with E-state index in [1.165, 1.54) is 61.6 Å². The number of carbonyl (C=O) groups is 2. The lowest BCUT2D eigenvalue weighted by Crippen LogP contribution is -2.50. The number of para-hydroxylation sites is 1. The second kappa shape index (κ2) is 10.5. The van der Waals surface area contributed by atoms with E-state index >= 15 is 0 Å². The molecule has 0 aromatic heterocycles. The Hall–Kier alpha value is -3.11. The van der Waals surface area contributed by atoms with Gasteiger partial charge in [-0.25, -0.2) is 8.42 Å². The molecule has 1 aliphatic rings. The molecule has 8 nitrogen and oxygen atoms in total. The predicted molar refractivity (Wildman–Crippen MR) is 136 cm³/mol. The van der Waals surface area contributed by atoms with Crippen LogP contribution in [0.5, 0.6) is 5.75 Å². The first-order chi connectivity index (χ1) is 17.2. The molecular weight excluding hydrogens is 527 g/mol. The van der Waals surface area contributed by atoms with Gasteiger partial charge in [-0.15, -0.1) is 0 Å². The van der Waals surface area contributed by atoms with Crippen LogP contribution in [0.3, 0.4) is 0 Å². The molecule has 0 N–H and O–H groups in total. The monoisotopic (exact) mass is 548 g/mol. The average Bonchev–Trinajstić information content (AvgIpc) is 3.06. The van der Waals surface area contributed by atoms with Gasteiger partial charge in [-0.05, 0) is 54.1 Å². The van der Waals surface area contributed by atoms with Crippen LogP contribution in [-0.4, -0.2) is 51.4 Å². The van der Waals surface area contributed by atoms with E-state index in [1.54, 1.807) is 24.3 Å². The number of fused-ring (bicyclic) bond motifs is 1. The lowest BCUT2D eigenvalue weighted by atomic mass is 10.1. The van der Waals surface area contributed by atoms with E-state index in [-0.39, 0.29) is 28.6 Å². The fourth-order valence-electron chi connectivity index (χ4n) is 4.01. The molecule has 1 aliphatic heterocycles. The van der Waals surface area contributed by atoms with E-state index in [0.717, 1.165) is 4.31 Å². The molecule has 11 heteroatoms. The van der Waals surface area contributed by atoms with E-state index in [4.69, 9.17) is 32.7 Å². The van der Waals surface area contributed by atoms with Gasteiger partial charge in [-0.1, -0.05) is 41.4 Å². The topological polar surface area (TPSA) is 93.2 Å². The van der Waals surface area contributed by atoms with Crippen LogP contribution in [0.4, 0.5) is 5.69 Å². The normalized spacial score (nSPS) is 16.1. The molecule has 0 bridgehead atoms. The van der Waals surface area contributed by atoms with Gasteiger partial charge in [0.05, 0.1) is 36.2 Å². The summed E-state index contributed by atoms with van der Waals surface area (Å²) >= 11 is 12.3. The molecule has 0 aliphatic carbocycles. The number of hydrogen-bond acceptors (Lipinski definition) is 6. The summed E-state index contributed by atoms with van der Waals surface area (Å²) in [4.78, 5) is 27.9. The Balaban J connectivity index is 1.84. The van der Waals surface area contributed by atoms with Crippen LogP contribution in [0.1, 0.15) is 15.9 Å². The van der Waals surface area contributed by atoms with Crippen molar-refractivity contribution in [3.63, 3.8) is 0 Å². The minimum absolute atomic E-state index is 0.0322. The predicted octanol–water partition coefficient (Wildman–Crippen LogP) is 4.39. The highest BCUT2D eigenvalue weighted by Crippen LogP contribution is 2.34. The summed E-state index contributed by atoms with van der Waals surface area (Å²) in [6, 6.07) is 15.8. The smallest absolute Gasteiger partial charge is 0.326 e. The standard InChI is InChI=1S/C25H22Cl2N2O6S/c1-34-18-8-10-19(11-9-18)36(32,33)29-14-16-5-3-4-6-22(16)28(15-23(29)25(31)35-2)24(30)20-12-7-17(26)13-21(20)27/h3-13,23H,14-15H2,1-2H3. The van der Waals surface area contributed by atoms with Crippen molar-refractivity contribution < 1.29 is 27.5 Å². The average molecular weight is 549 g/mol. The van der Waals surface area contributed by atoms with E-state index < -0.39 is 27.9 Å². The van der Waals surface area contributed by atoms with Crippen molar-refractivity contribution in [2.75, 3.05) is 25.7 Å². The van der Waals surface area contributed by atoms with E-state index in [1.807, 2.05) is 0 Å². The van der Waals surface area contributed by atoms with Gasteiger partial charge < -0.3 is 14.4 Å². The summed E-state index contributed by atoms with van der Waals surface area (Å²) in [5.41, 5.74) is 1.14. The molecule has 1 atom stereocenters. The van der Waals surface area contributed by atoms with Crippen LogP contribution >= 0.6 is 23.2 Å². The van der Waals surface area contributed by atoms with E-state index in [9.17, 15) is 18.0 Å². The maximum atomic E-state index is 13.8. The third kappa shape index (κ3) is 4.92. The van der Waals surface area contributed by atoms with Crippen LogP contribution in [0, 0.1) is 0 Å². The van der Waals surface area contributed by atoms with Crippen LogP contribution < -0.4 is 9.64 Å². The van der Waals surface area contributed by atoms with Gasteiger partial charge in [-0.2, -0.15) is 4.31 Å². The van der Waals surface area contributed by atoms with Gasteiger partial charge in [-0.3, -0.25) is 9.59 Å². The molecule has 0 saturated heterocycles. The van der Waals surface area contributed by atoms with Crippen molar-refractivity contribution in [3.8, 4) is 5.75 Å². The number of carbonyl (C=O) groups excluding carboxylic acids is 2. The Bertz CT molecular complexity index is 1410. The van der Waals surface area contributed by atoms with Crippen molar-refractivity contribution in [2.24, 2.45) is 0 Å². The maximum absolute atomic E-state index is 13.8. The fourth-order valence-corrected chi connectivity index (χ4v) is 6.05. The van der Waals surface area contributed by atoms with Gasteiger partial charge in [0, 0.05) is 17.3 Å². The zero-order chi connectivity index (χ0) is 26.0. The number of rotatable bonds is 5. The summed E-state index contributed by atoms with van der Waals surface area (Å²) < 4.78 is 38.7. The van der Waals surface area contributed by atoms with Crippen molar-refractivity contribution in [2.45, 2.75) is 17.5 Å². The molecule has 36 heavy (non-hydrogen) atoms. The van der Waals surface area contributed by atoms with Gasteiger partial charge in [0.2, 0.25) is 10.0 Å². The number of hydrogen-bond donors (Lipinski definition) is 0. The van der Waals surface area contributed by atoms with Crippen LogP contribution in [-0.2, 0) is 26.1 Å². The van der Waals surface area contributed by atoms with Crippen molar-refractivity contribution in [3.05, 3.63) is 87.9 Å². The zero-order valence-electron chi connectivity index (χ0n) is 19.4. The van der Waals surface area contributed by atoms with E-state index in [0.29, 0.717) is 22.0 Å². The maximum Gasteiger partial charge on any atom is 0.326 e. The van der Waals surface area contributed by atoms with Crippen LogP contribution in [0.2, 0.25) is 10.0 Å². The summed E-state index contributed by atoms with van der Waals surface area (Å²) in [5, 5.41) is 0.489. The molecule has 0 radical (unpaired) electrons. The number of anilines is 1. The molecule has 0 spiro atoms. The van der Waals surface area contributed by atoms with Crippen molar-refractivity contribution in [1.82, 2.24) is 4.31 Å². The lowest BCUT2D eigenvalue weighted by molar-refractivity contribution is -0.144. The third-order valence-electron chi connectivity index (χ3n) is 5.86. The van der Waals surface area contributed by atoms with Gasteiger partial charge >= 0.3 is 5.97 Å². The molecule has 0 saturated carbocycles. The highest BCUT2D eigenvalue weighted by atomic mass is 35.5. The Morgan fingerprint density at radius 2 is 1.67 bits per heavy atom. The molecule has 1 amide bonds. The second-order valence-electron chi connectivity index (χ2n) is 7.93. The van der Waals surface area contributed by atoms with Crippen molar-refractivity contribution in [1.29, 1.82) is 0 Å². The number of ether oxygens (including phenoxy) is 2. The summed E-state index contributed by atoms with van der Waals surface area (Å²) in [5.74, 6) is -0.835. The Kier molecular flexibility index (Phi) is 7.56. The summed E-state index contributed by atoms with van der Waals surface area (Å²) in [6.45, 7) is -0.459. The number of halogens is 2. The Morgan fingerprint density at radius 3 is 2.31 bits per heavy atom. The van der Waals surface area contributed by atoms with Crippen LogP contribution in [0.25, 0.3) is 0 Å². The quantitative estimate of drug-likeness (QED) is 0.439. The number of benzene rings is 3. The van der Waals surface area contributed by atoms with Gasteiger partial charge in [0.15, 0.2) is 0 Å². The number of methoxy groups -OCH3 is 2. The molecule has 3 aromatic rings. The highest BCUT2D eigenvalue weighted by molar-refractivity contribution is 7.89. The minimum Gasteiger partial charge on any atom is -0.497 e.